The molecule has 0 saturated carbocycles. The van der Waals surface area contributed by atoms with Gasteiger partial charge in [-0.2, -0.15) is 4.98 Å². The predicted molar refractivity (Wildman–Crippen MR) is 125 cm³/mol. The van der Waals surface area contributed by atoms with E-state index in [0.29, 0.717) is 16.7 Å². The van der Waals surface area contributed by atoms with Gasteiger partial charge in [0.2, 0.25) is 0 Å². The molecule has 0 aliphatic carbocycles. The van der Waals surface area contributed by atoms with E-state index in [1.165, 1.54) is 11.6 Å². The average molecular weight is 543 g/mol. The van der Waals surface area contributed by atoms with Gasteiger partial charge in [-0.15, -0.1) is 13.2 Å². The summed E-state index contributed by atoms with van der Waals surface area (Å²) < 4.78 is 65.1. The van der Waals surface area contributed by atoms with Gasteiger partial charge in [0.05, 0.1) is 6.54 Å². The Labute approximate surface area is 210 Å². The Hall–Kier alpha value is -3.84. The molecule has 196 valence electrons. The summed E-state index contributed by atoms with van der Waals surface area (Å²) in [7, 11) is 1.36. The molecule has 0 radical (unpaired) electrons. The molecule has 1 N–H and O–H groups in total. The highest BCUT2D eigenvalue weighted by atomic mass is 35.5. The Morgan fingerprint density at radius 3 is 2.43 bits per heavy atom. The summed E-state index contributed by atoms with van der Waals surface area (Å²) in [5.74, 6) is -2.41. The lowest BCUT2D eigenvalue weighted by Crippen LogP contribution is -2.39. The summed E-state index contributed by atoms with van der Waals surface area (Å²) in [6, 6.07) is 8.33. The first-order valence-electron chi connectivity index (χ1n) is 10.8. The van der Waals surface area contributed by atoms with E-state index in [-0.39, 0.29) is 43.3 Å². The van der Waals surface area contributed by atoms with Crippen LogP contribution >= 0.6 is 11.6 Å². The Morgan fingerprint density at radius 2 is 1.78 bits per heavy atom. The van der Waals surface area contributed by atoms with Crippen molar-refractivity contribution in [1.29, 1.82) is 0 Å². The lowest BCUT2D eigenvalue weighted by atomic mass is 10.2. The van der Waals surface area contributed by atoms with Crippen molar-refractivity contribution in [2.45, 2.75) is 25.9 Å². The Balaban J connectivity index is 1.90. The second kappa shape index (κ2) is 10.3. The maximum absolute atomic E-state index is 14.5. The van der Waals surface area contributed by atoms with Crippen molar-refractivity contribution >= 4 is 22.8 Å². The number of rotatable bonds is 8. The topological polar surface area (TPSA) is 101 Å². The molecular formula is C23H19ClF4N4O5. The zero-order chi connectivity index (χ0) is 26.9. The smallest absolute Gasteiger partial charge is 0.422 e. The normalized spacial score (nSPS) is 11.8. The van der Waals surface area contributed by atoms with Crippen LogP contribution in [0.4, 0.5) is 17.6 Å². The second-order valence-corrected chi connectivity index (χ2v) is 8.33. The molecule has 0 bridgehead atoms. The number of aliphatic hydroxyl groups excluding tert-OH is 1. The third kappa shape index (κ3) is 5.62. The third-order valence-corrected chi connectivity index (χ3v) is 5.58. The molecule has 2 aromatic heterocycles. The van der Waals surface area contributed by atoms with Crippen molar-refractivity contribution in [3.8, 4) is 17.5 Å². The molecule has 0 aliphatic heterocycles. The monoisotopic (exact) mass is 542 g/mol. The Kier molecular flexibility index (Phi) is 7.28. The molecule has 0 aliphatic rings. The van der Waals surface area contributed by atoms with E-state index in [0.717, 1.165) is 21.3 Å². The first-order valence-corrected chi connectivity index (χ1v) is 11.1. The molecule has 37 heavy (non-hydrogen) atoms. The summed E-state index contributed by atoms with van der Waals surface area (Å²) in [5, 5.41) is 9.61. The molecule has 0 amide bonds. The minimum atomic E-state index is -5.02. The van der Waals surface area contributed by atoms with Crippen molar-refractivity contribution in [3.63, 3.8) is 0 Å². The molecule has 0 fully saturated rings. The zero-order valence-electron chi connectivity index (χ0n) is 19.1. The molecule has 14 heteroatoms. The molecule has 0 saturated heterocycles. The van der Waals surface area contributed by atoms with E-state index in [4.69, 9.17) is 21.4 Å². The van der Waals surface area contributed by atoms with Gasteiger partial charge in [-0.3, -0.25) is 18.5 Å². The summed E-state index contributed by atoms with van der Waals surface area (Å²) in [4.78, 5) is 30.3. The standard InChI is InChI=1S/C23H19ClF4N4O5/c1-30-19-18(20(34)31(22(30)35)9-2-10-33)32(12-13-3-5-14(24)6-4-13)21(29-19)36-17-11-15(7-8-16(17)25)37-23(26,27)28/h3-8,11,33H,2,9-10,12H2,1H3. The number of aliphatic hydroxyl groups is 1. The Morgan fingerprint density at radius 1 is 1.08 bits per heavy atom. The molecule has 0 spiro atoms. The van der Waals surface area contributed by atoms with E-state index in [2.05, 4.69) is 9.72 Å². The van der Waals surface area contributed by atoms with E-state index in [9.17, 15) is 27.2 Å². The van der Waals surface area contributed by atoms with Crippen molar-refractivity contribution < 1.29 is 32.1 Å². The summed E-state index contributed by atoms with van der Waals surface area (Å²) in [6.07, 6.45) is -4.89. The van der Waals surface area contributed by atoms with E-state index in [1.807, 2.05) is 0 Å². The van der Waals surface area contributed by atoms with Gasteiger partial charge in [-0.1, -0.05) is 23.7 Å². The number of fused-ring (bicyclic) bond motifs is 1. The molecular weight excluding hydrogens is 524 g/mol. The van der Waals surface area contributed by atoms with Crippen LogP contribution in [0.1, 0.15) is 12.0 Å². The van der Waals surface area contributed by atoms with Crippen LogP contribution in [0, 0.1) is 5.82 Å². The van der Waals surface area contributed by atoms with Gasteiger partial charge in [0, 0.05) is 31.3 Å². The number of hydrogen-bond donors (Lipinski definition) is 1. The van der Waals surface area contributed by atoms with Crippen LogP contribution in [0.3, 0.4) is 0 Å². The molecule has 0 unspecified atom stereocenters. The molecule has 9 nitrogen and oxygen atoms in total. The van der Waals surface area contributed by atoms with E-state index < -0.39 is 34.9 Å². The number of aryl methyl sites for hydroxylation is 1. The van der Waals surface area contributed by atoms with Crippen molar-refractivity contribution in [2.24, 2.45) is 7.05 Å². The van der Waals surface area contributed by atoms with Gasteiger partial charge in [-0.25, -0.2) is 9.18 Å². The van der Waals surface area contributed by atoms with Gasteiger partial charge in [-0.05, 0) is 36.2 Å². The van der Waals surface area contributed by atoms with Crippen molar-refractivity contribution in [1.82, 2.24) is 18.7 Å². The number of hydrogen-bond acceptors (Lipinski definition) is 6. The summed E-state index contributed by atoms with van der Waals surface area (Å²) >= 11 is 5.95. The number of aromatic nitrogens is 4. The number of imidazole rings is 1. The first-order chi connectivity index (χ1) is 17.5. The maximum Gasteiger partial charge on any atom is 0.573 e. The maximum atomic E-state index is 14.5. The van der Waals surface area contributed by atoms with E-state index >= 15 is 0 Å². The van der Waals surface area contributed by atoms with Crippen LogP contribution in [0.2, 0.25) is 5.02 Å². The predicted octanol–water partition coefficient (Wildman–Crippen LogP) is 3.81. The molecule has 2 aromatic carbocycles. The lowest BCUT2D eigenvalue weighted by molar-refractivity contribution is -0.274. The number of ether oxygens (including phenoxy) is 2. The minimum Gasteiger partial charge on any atom is -0.422 e. The van der Waals surface area contributed by atoms with E-state index in [1.54, 1.807) is 24.3 Å². The number of benzene rings is 2. The second-order valence-electron chi connectivity index (χ2n) is 7.90. The highest BCUT2D eigenvalue weighted by Gasteiger charge is 2.31. The number of alkyl halides is 3. The molecule has 2 heterocycles. The number of nitrogens with zero attached hydrogens (tertiary/aromatic N) is 4. The van der Waals surface area contributed by atoms with Crippen LogP contribution in [0.15, 0.2) is 52.1 Å². The third-order valence-electron chi connectivity index (χ3n) is 5.33. The van der Waals surface area contributed by atoms with Crippen LogP contribution in [-0.2, 0) is 20.1 Å². The Bertz CT molecular complexity index is 1560. The van der Waals surface area contributed by atoms with Crippen LogP contribution in [0.5, 0.6) is 17.5 Å². The zero-order valence-corrected chi connectivity index (χ0v) is 19.9. The number of halogens is 5. The highest BCUT2D eigenvalue weighted by molar-refractivity contribution is 6.30. The van der Waals surface area contributed by atoms with Gasteiger partial charge in [0.1, 0.15) is 5.75 Å². The minimum absolute atomic E-state index is 0.0448. The average Bonchev–Trinajstić information content (AvgIpc) is 3.18. The first kappa shape index (κ1) is 26.2. The largest absolute Gasteiger partial charge is 0.573 e. The summed E-state index contributed by atoms with van der Waals surface area (Å²) in [6.45, 7) is -0.385. The van der Waals surface area contributed by atoms with Crippen LogP contribution in [-0.4, -0.2) is 36.8 Å². The lowest BCUT2D eigenvalue weighted by Gasteiger charge is -2.13. The van der Waals surface area contributed by atoms with Crippen molar-refractivity contribution in [3.05, 3.63) is 79.7 Å². The summed E-state index contributed by atoms with van der Waals surface area (Å²) in [5.41, 5.74) is -0.994. The fourth-order valence-corrected chi connectivity index (χ4v) is 3.76. The fourth-order valence-electron chi connectivity index (χ4n) is 3.63. The highest BCUT2D eigenvalue weighted by Crippen LogP contribution is 2.32. The van der Waals surface area contributed by atoms with Gasteiger partial charge in [0.25, 0.3) is 5.56 Å². The fraction of sp³-hybridized carbons (Fsp3) is 0.261. The van der Waals surface area contributed by atoms with Crippen LogP contribution < -0.4 is 20.7 Å². The van der Waals surface area contributed by atoms with Gasteiger partial charge < -0.3 is 14.6 Å². The van der Waals surface area contributed by atoms with Crippen LogP contribution in [0.25, 0.3) is 11.2 Å². The SMILES string of the molecule is Cn1c(=O)n(CCCO)c(=O)c2c1nc(Oc1cc(OC(F)(F)F)ccc1F)n2Cc1ccc(Cl)cc1. The van der Waals surface area contributed by atoms with Gasteiger partial charge in [0.15, 0.2) is 22.7 Å². The van der Waals surface area contributed by atoms with Crippen molar-refractivity contribution in [2.75, 3.05) is 6.61 Å². The quantitative estimate of drug-likeness (QED) is 0.340. The molecule has 0 atom stereocenters. The molecule has 4 rings (SSSR count). The molecule has 4 aromatic rings. The van der Waals surface area contributed by atoms with Gasteiger partial charge >= 0.3 is 18.1 Å².